The highest BCUT2D eigenvalue weighted by atomic mass is 79.9. The van der Waals surface area contributed by atoms with E-state index >= 15 is 0 Å². The number of halogens is 1. The molecule has 3 aromatic carbocycles. The Morgan fingerprint density at radius 3 is 2.59 bits per heavy atom. The number of non-ortho nitro benzene ring substituents is 1. The van der Waals surface area contributed by atoms with Gasteiger partial charge in [-0.15, -0.1) is 0 Å². The Hall–Kier alpha value is -3.19. The lowest BCUT2D eigenvalue weighted by molar-refractivity contribution is -0.384. The molecular weight excluding hydrogens is 410 g/mol. The van der Waals surface area contributed by atoms with Crippen LogP contribution >= 0.6 is 15.9 Å². The van der Waals surface area contributed by atoms with E-state index in [-0.39, 0.29) is 5.69 Å². The molecule has 0 heterocycles. The first-order valence-corrected chi connectivity index (χ1v) is 8.91. The molecule has 0 spiro atoms. The normalized spacial score (nSPS) is 10.7. The molecule has 0 unspecified atom stereocenters. The average Bonchev–Trinajstić information content (AvgIpc) is 2.68. The number of nitrogens with one attached hydrogen (secondary N) is 1. The molecule has 0 amide bonds. The van der Waals surface area contributed by atoms with Crippen molar-refractivity contribution < 1.29 is 9.66 Å². The van der Waals surface area contributed by atoms with Crippen LogP contribution in [-0.2, 0) is 6.61 Å². The number of anilines is 1. The SMILES string of the molecule is O=[N+]([O-])c1ccc(N/N=C\c2ccccc2OCc2cccc(Br)c2)cc1. The largest absolute Gasteiger partial charge is 0.488 e. The van der Waals surface area contributed by atoms with Gasteiger partial charge in [-0.2, -0.15) is 5.10 Å². The minimum absolute atomic E-state index is 0.0378. The fourth-order valence-corrected chi connectivity index (χ4v) is 2.79. The third kappa shape index (κ3) is 5.39. The molecular formula is C20H16BrN3O3. The summed E-state index contributed by atoms with van der Waals surface area (Å²) >= 11 is 3.45. The number of ether oxygens (including phenoxy) is 1. The quantitative estimate of drug-likeness (QED) is 0.313. The lowest BCUT2D eigenvalue weighted by atomic mass is 10.2. The molecule has 27 heavy (non-hydrogen) atoms. The van der Waals surface area contributed by atoms with Gasteiger partial charge in [0.1, 0.15) is 12.4 Å². The number of nitro benzene ring substituents is 1. The number of hydrogen-bond donors (Lipinski definition) is 1. The molecule has 0 radical (unpaired) electrons. The summed E-state index contributed by atoms with van der Waals surface area (Å²) in [6.07, 6.45) is 1.65. The van der Waals surface area contributed by atoms with Gasteiger partial charge in [0.15, 0.2) is 0 Å². The summed E-state index contributed by atoms with van der Waals surface area (Å²) in [5.74, 6) is 0.715. The van der Waals surface area contributed by atoms with Crippen molar-refractivity contribution in [2.75, 3.05) is 5.43 Å². The van der Waals surface area contributed by atoms with Crippen molar-refractivity contribution in [3.63, 3.8) is 0 Å². The van der Waals surface area contributed by atoms with Gasteiger partial charge in [0.05, 0.1) is 16.8 Å². The Morgan fingerprint density at radius 1 is 1.07 bits per heavy atom. The van der Waals surface area contributed by atoms with Crippen LogP contribution in [0.4, 0.5) is 11.4 Å². The third-order valence-corrected chi connectivity index (χ3v) is 4.17. The number of rotatable bonds is 7. The summed E-state index contributed by atoms with van der Waals surface area (Å²) in [6.45, 7) is 0.445. The minimum Gasteiger partial charge on any atom is -0.488 e. The van der Waals surface area contributed by atoms with Crippen LogP contribution in [0, 0.1) is 10.1 Å². The third-order valence-electron chi connectivity index (χ3n) is 3.68. The van der Waals surface area contributed by atoms with E-state index in [1.54, 1.807) is 18.3 Å². The van der Waals surface area contributed by atoms with Gasteiger partial charge in [0.2, 0.25) is 0 Å². The summed E-state index contributed by atoms with van der Waals surface area (Å²) in [5, 5.41) is 14.9. The second-order valence-corrected chi connectivity index (χ2v) is 6.55. The molecule has 3 aromatic rings. The first kappa shape index (κ1) is 18.6. The zero-order chi connectivity index (χ0) is 19.1. The van der Waals surface area contributed by atoms with Crippen LogP contribution in [0.3, 0.4) is 0 Å². The van der Waals surface area contributed by atoms with Crippen LogP contribution in [0.25, 0.3) is 0 Å². The van der Waals surface area contributed by atoms with Gasteiger partial charge in [0, 0.05) is 22.2 Å². The Morgan fingerprint density at radius 2 is 1.85 bits per heavy atom. The Kier molecular flexibility index (Phi) is 6.17. The molecule has 0 fully saturated rings. The maximum Gasteiger partial charge on any atom is 0.269 e. The highest BCUT2D eigenvalue weighted by Gasteiger charge is 2.04. The standard InChI is InChI=1S/C20H16BrN3O3/c21-17-6-3-4-15(12-17)14-27-20-7-2-1-5-16(20)13-22-23-18-8-10-19(11-9-18)24(25)26/h1-13,23H,14H2/b22-13-. The highest BCUT2D eigenvalue weighted by Crippen LogP contribution is 2.20. The first-order valence-electron chi connectivity index (χ1n) is 8.11. The van der Waals surface area contributed by atoms with Crippen LogP contribution < -0.4 is 10.2 Å². The summed E-state index contributed by atoms with van der Waals surface area (Å²) in [5.41, 5.74) is 5.42. The molecule has 0 aromatic heterocycles. The van der Waals surface area contributed by atoms with E-state index in [0.29, 0.717) is 18.0 Å². The number of nitro groups is 1. The molecule has 0 aliphatic rings. The van der Waals surface area contributed by atoms with Gasteiger partial charge in [-0.1, -0.05) is 40.2 Å². The monoisotopic (exact) mass is 425 g/mol. The van der Waals surface area contributed by atoms with Gasteiger partial charge < -0.3 is 4.74 Å². The Bertz CT molecular complexity index is 959. The van der Waals surface area contributed by atoms with Crippen molar-refractivity contribution in [3.8, 4) is 5.75 Å². The number of hydrazone groups is 1. The fourth-order valence-electron chi connectivity index (χ4n) is 2.34. The Balaban J connectivity index is 1.64. The maximum atomic E-state index is 10.7. The van der Waals surface area contributed by atoms with Crippen molar-refractivity contribution in [2.24, 2.45) is 5.10 Å². The predicted molar refractivity (Wildman–Crippen MR) is 109 cm³/mol. The molecule has 6 nitrogen and oxygen atoms in total. The van der Waals surface area contributed by atoms with E-state index in [4.69, 9.17) is 4.74 Å². The first-order chi connectivity index (χ1) is 13.1. The molecule has 0 bridgehead atoms. The molecule has 0 aliphatic carbocycles. The van der Waals surface area contributed by atoms with E-state index < -0.39 is 4.92 Å². The van der Waals surface area contributed by atoms with Gasteiger partial charge in [-0.3, -0.25) is 15.5 Å². The van der Waals surface area contributed by atoms with E-state index in [1.165, 1.54) is 12.1 Å². The van der Waals surface area contributed by atoms with Crippen molar-refractivity contribution in [1.29, 1.82) is 0 Å². The minimum atomic E-state index is -0.439. The van der Waals surface area contributed by atoms with Crippen molar-refractivity contribution >= 4 is 33.5 Å². The van der Waals surface area contributed by atoms with E-state index in [1.807, 2.05) is 48.5 Å². The maximum absolute atomic E-state index is 10.7. The van der Waals surface area contributed by atoms with E-state index in [2.05, 4.69) is 26.5 Å². The number of para-hydroxylation sites is 1. The molecule has 0 saturated carbocycles. The molecule has 3 rings (SSSR count). The fraction of sp³-hybridized carbons (Fsp3) is 0.0500. The van der Waals surface area contributed by atoms with Crippen molar-refractivity contribution in [2.45, 2.75) is 6.61 Å². The predicted octanol–water partition coefficient (Wildman–Crippen LogP) is 5.38. The lowest BCUT2D eigenvalue weighted by Crippen LogP contribution is -1.99. The van der Waals surface area contributed by atoms with Crippen LogP contribution in [-0.4, -0.2) is 11.1 Å². The summed E-state index contributed by atoms with van der Waals surface area (Å²) < 4.78 is 6.91. The van der Waals surface area contributed by atoms with Crippen molar-refractivity contribution in [1.82, 2.24) is 0 Å². The molecule has 0 aliphatic heterocycles. The van der Waals surface area contributed by atoms with Crippen LogP contribution in [0.1, 0.15) is 11.1 Å². The average molecular weight is 426 g/mol. The second-order valence-electron chi connectivity index (χ2n) is 5.63. The van der Waals surface area contributed by atoms with Crippen LogP contribution in [0.5, 0.6) is 5.75 Å². The van der Waals surface area contributed by atoms with E-state index in [0.717, 1.165) is 15.6 Å². The lowest BCUT2D eigenvalue weighted by Gasteiger charge is -2.09. The van der Waals surface area contributed by atoms with Gasteiger partial charge in [-0.05, 0) is 42.0 Å². The summed E-state index contributed by atoms with van der Waals surface area (Å²) in [7, 11) is 0. The molecule has 0 atom stereocenters. The van der Waals surface area contributed by atoms with Crippen molar-refractivity contribution in [3.05, 3.63) is 98.5 Å². The van der Waals surface area contributed by atoms with Gasteiger partial charge >= 0.3 is 0 Å². The number of nitrogens with zero attached hydrogens (tertiary/aromatic N) is 2. The van der Waals surface area contributed by atoms with Gasteiger partial charge in [-0.25, -0.2) is 0 Å². The smallest absolute Gasteiger partial charge is 0.269 e. The zero-order valence-electron chi connectivity index (χ0n) is 14.2. The topological polar surface area (TPSA) is 76.8 Å². The highest BCUT2D eigenvalue weighted by molar-refractivity contribution is 9.10. The molecule has 0 saturated heterocycles. The molecule has 7 heteroatoms. The second kappa shape index (κ2) is 8.95. The van der Waals surface area contributed by atoms with Crippen LogP contribution in [0.2, 0.25) is 0 Å². The number of benzene rings is 3. The molecule has 1 N–H and O–H groups in total. The summed E-state index contributed by atoms with van der Waals surface area (Å²) in [4.78, 5) is 10.2. The zero-order valence-corrected chi connectivity index (χ0v) is 15.8. The van der Waals surface area contributed by atoms with Crippen LogP contribution in [0.15, 0.2) is 82.4 Å². The number of hydrogen-bond acceptors (Lipinski definition) is 5. The summed E-state index contributed by atoms with van der Waals surface area (Å²) in [6, 6.07) is 21.6. The van der Waals surface area contributed by atoms with E-state index in [9.17, 15) is 10.1 Å². The molecule has 136 valence electrons. The Labute approximate surface area is 164 Å². The van der Waals surface area contributed by atoms with Gasteiger partial charge in [0.25, 0.3) is 5.69 Å².